The first kappa shape index (κ1) is 32.3. The van der Waals surface area contributed by atoms with E-state index in [1.807, 2.05) is 6.20 Å². The molecule has 0 atom stereocenters. The topological polar surface area (TPSA) is 33.5 Å². The van der Waals surface area contributed by atoms with Crippen molar-refractivity contribution >= 4 is 38.9 Å². The molecule has 264 valence electrons. The molecule has 0 radical (unpaired) electrons. The normalized spacial score (nSPS) is 15.1. The molecule has 1 saturated carbocycles. The predicted molar refractivity (Wildman–Crippen MR) is 223 cm³/mol. The Morgan fingerprint density at radius 1 is 0.556 bits per heavy atom. The largest absolute Gasteiger partial charge is 0.457 e. The summed E-state index contributed by atoms with van der Waals surface area (Å²) >= 11 is 0. The zero-order valence-corrected chi connectivity index (χ0v) is 30.5. The van der Waals surface area contributed by atoms with Crippen molar-refractivity contribution in [2.24, 2.45) is 0 Å². The molecule has 0 spiro atoms. The molecule has 6 aromatic carbocycles. The molecule has 0 N–H and O–H groups in total. The predicted octanol–water partition coefficient (Wildman–Crippen LogP) is 12.4. The number of pyridine rings is 1. The Morgan fingerprint density at radius 2 is 1.28 bits per heavy atom. The van der Waals surface area contributed by atoms with Gasteiger partial charge in [0.05, 0.1) is 29.1 Å². The molecule has 1 fully saturated rings. The number of ether oxygens (including phenoxy) is 1. The Hall–Kier alpha value is -6.33. The lowest BCUT2D eigenvalue weighted by molar-refractivity contribution is 0.345. The van der Waals surface area contributed by atoms with Crippen molar-refractivity contribution in [3.8, 4) is 28.4 Å². The molecule has 2 aliphatic rings. The Bertz CT molecular complexity index is 2620. The molecule has 5 nitrogen and oxygen atoms in total. The number of aromatic nitrogens is 2. The van der Waals surface area contributed by atoms with Crippen LogP contribution in [0.15, 0.2) is 164 Å². The van der Waals surface area contributed by atoms with Crippen molar-refractivity contribution in [1.29, 1.82) is 0 Å². The number of rotatable bonds is 7. The lowest BCUT2D eigenvalue weighted by Gasteiger charge is -2.38. The van der Waals surface area contributed by atoms with Crippen LogP contribution in [0.25, 0.3) is 38.8 Å². The molecule has 2 aromatic heterocycles. The van der Waals surface area contributed by atoms with Gasteiger partial charge in [-0.05, 0) is 89.7 Å². The van der Waals surface area contributed by atoms with Crippen molar-refractivity contribution in [3.05, 3.63) is 175 Å². The highest BCUT2D eigenvalue weighted by Crippen LogP contribution is 2.46. The average Bonchev–Trinajstić information content (AvgIpc) is 3.76. The minimum Gasteiger partial charge on any atom is -0.457 e. The molecule has 0 bridgehead atoms. The quantitative estimate of drug-likeness (QED) is 0.166. The molecule has 8 aromatic rings. The lowest BCUT2D eigenvalue weighted by atomic mass is 9.65. The summed E-state index contributed by atoms with van der Waals surface area (Å²) in [7, 11) is 2.15. The van der Waals surface area contributed by atoms with E-state index < -0.39 is 0 Å². The lowest BCUT2D eigenvalue weighted by Crippen LogP contribution is -2.30. The van der Waals surface area contributed by atoms with Crippen LogP contribution in [0.5, 0.6) is 11.5 Å². The molecule has 0 amide bonds. The van der Waals surface area contributed by atoms with Crippen LogP contribution in [0.4, 0.5) is 17.1 Å². The second kappa shape index (κ2) is 13.3. The standard InChI is InChI=1S/C49H42N4O/c1-51-34-52(46-22-12-11-21-45(46)51)39-29-36(35-15-5-2-6-16-35)30-41(32-39)54-40-23-24-43-42-19-9-10-20-44(42)53(47(43)33-40)48-31-38(25-28-50-48)49(26-13-4-14-27-49)37-17-7-3-8-18-37/h2-3,5-12,15-25,28-33H,4,13-14,26-27,34H2,1H3. The van der Waals surface area contributed by atoms with E-state index in [0.29, 0.717) is 0 Å². The average molecular weight is 703 g/mol. The van der Waals surface area contributed by atoms with Gasteiger partial charge in [0, 0.05) is 47.3 Å². The number of para-hydroxylation sites is 3. The van der Waals surface area contributed by atoms with Crippen LogP contribution in [-0.2, 0) is 5.41 Å². The number of anilines is 3. The van der Waals surface area contributed by atoms with Crippen LogP contribution in [0.1, 0.15) is 43.2 Å². The number of benzene rings is 6. The third-order valence-corrected chi connectivity index (χ3v) is 11.7. The van der Waals surface area contributed by atoms with Crippen molar-refractivity contribution in [1.82, 2.24) is 9.55 Å². The highest BCUT2D eigenvalue weighted by molar-refractivity contribution is 6.09. The fourth-order valence-corrected chi connectivity index (χ4v) is 9.09. The van der Waals surface area contributed by atoms with E-state index in [4.69, 9.17) is 9.72 Å². The van der Waals surface area contributed by atoms with E-state index in [-0.39, 0.29) is 5.41 Å². The molecule has 0 unspecified atom stereocenters. The zero-order chi connectivity index (χ0) is 36.1. The SMILES string of the molecule is CN1CN(c2cc(Oc3ccc4c5ccccc5n(-c5cc(C6(c7ccccc7)CCCCC6)ccn5)c4c3)cc(-c3ccccc3)c2)c2ccccc21. The maximum Gasteiger partial charge on any atom is 0.137 e. The van der Waals surface area contributed by atoms with Gasteiger partial charge in [0.2, 0.25) is 0 Å². The highest BCUT2D eigenvalue weighted by Gasteiger charge is 2.36. The van der Waals surface area contributed by atoms with Gasteiger partial charge in [0.25, 0.3) is 0 Å². The van der Waals surface area contributed by atoms with Crippen LogP contribution < -0.4 is 14.5 Å². The third-order valence-electron chi connectivity index (χ3n) is 11.7. The number of nitrogens with zero attached hydrogens (tertiary/aromatic N) is 4. The molecule has 54 heavy (non-hydrogen) atoms. The van der Waals surface area contributed by atoms with Crippen LogP contribution >= 0.6 is 0 Å². The van der Waals surface area contributed by atoms with Crippen molar-refractivity contribution in [2.75, 3.05) is 23.5 Å². The molecule has 1 aliphatic heterocycles. The van der Waals surface area contributed by atoms with Crippen molar-refractivity contribution in [2.45, 2.75) is 37.5 Å². The summed E-state index contributed by atoms with van der Waals surface area (Å²) in [6.45, 7) is 0.765. The first-order valence-electron chi connectivity index (χ1n) is 19.2. The fourth-order valence-electron chi connectivity index (χ4n) is 9.09. The number of hydrogen-bond acceptors (Lipinski definition) is 4. The summed E-state index contributed by atoms with van der Waals surface area (Å²) in [6, 6.07) is 56.6. The second-order valence-electron chi connectivity index (χ2n) is 14.9. The van der Waals surface area contributed by atoms with Gasteiger partial charge < -0.3 is 14.5 Å². The van der Waals surface area contributed by atoms with Gasteiger partial charge in [-0.2, -0.15) is 0 Å². The Balaban J connectivity index is 1.09. The van der Waals surface area contributed by atoms with E-state index in [9.17, 15) is 0 Å². The van der Waals surface area contributed by atoms with Crippen molar-refractivity contribution in [3.63, 3.8) is 0 Å². The maximum absolute atomic E-state index is 6.87. The van der Waals surface area contributed by atoms with Crippen LogP contribution in [0.2, 0.25) is 0 Å². The number of hydrogen-bond donors (Lipinski definition) is 0. The van der Waals surface area contributed by atoms with E-state index in [2.05, 4.69) is 179 Å². The first-order chi connectivity index (χ1) is 26.6. The smallest absolute Gasteiger partial charge is 0.137 e. The van der Waals surface area contributed by atoms with E-state index in [1.165, 1.54) is 52.5 Å². The van der Waals surface area contributed by atoms with Gasteiger partial charge in [-0.25, -0.2) is 4.98 Å². The zero-order valence-electron chi connectivity index (χ0n) is 30.5. The van der Waals surface area contributed by atoms with E-state index in [0.717, 1.165) is 64.7 Å². The fraction of sp³-hybridized carbons (Fsp3) is 0.163. The summed E-state index contributed by atoms with van der Waals surface area (Å²) < 4.78 is 9.19. The monoisotopic (exact) mass is 702 g/mol. The van der Waals surface area contributed by atoms with Gasteiger partial charge in [-0.1, -0.05) is 110 Å². The molecule has 5 heteroatoms. The Labute approximate surface area is 316 Å². The molecule has 0 saturated heterocycles. The molecule has 1 aliphatic carbocycles. The van der Waals surface area contributed by atoms with Gasteiger partial charge in [0.15, 0.2) is 0 Å². The van der Waals surface area contributed by atoms with Crippen LogP contribution in [0.3, 0.4) is 0 Å². The summed E-state index contributed by atoms with van der Waals surface area (Å²) in [5, 5.41) is 2.38. The minimum absolute atomic E-state index is 0.0175. The van der Waals surface area contributed by atoms with Gasteiger partial charge >= 0.3 is 0 Å². The molecule has 3 heterocycles. The molecular weight excluding hydrogens is 661 g/mol. The van der Waals surface area contributed by atoms with Gasteiger partial charge in [0.1, 0.15) is 17.3 Å². The number of fused-ring (bicyclic) bond motifs is 4. The minimum atomic E-state index is -0.0175. The third kappa shape index (κ3) is 5.50. The summed E-state index contributed by atoms with van der Waals surface area (Å²) in [5.41, 5.74) is 10.7. The summed E-state index contributed by atoms with van der Waals surface area (Å²) in [6.07, 6.45) is 8.06. The maximum atomic E-state index is 6.87. The van der Waals surface area contributed by atoms with Crippen LogP contribution in [0, 0.1) is 0 Å². The van der Waals surface area contributed by atoms with E-state index in [1.54, 1.807) is 0 Å². The first-order valence-corrected chi connectivity index (χ1v) is 19.2. The van der Waals surface area contributed by atoms with E-state index >= 15 is 0 Å². The van der Waals surface area contributed by atoms with Gasteiger partial charge in [-0.15, -0.1) is 0 Å². The van der Waals surface area contributed by atoms with Gasteiger partial charge in [-0.3, -0.25) is 4.57 Å². The molecular formula is C49H42N4O. The Morgan fingerprint density at radius 3 is 2.11 bits per heavy atom. The second-order valence-corrected chi connectivity index (χ2v) is 14.9. The Kier molecular flexibility index (Phi) is 7.94. The summed E-state index contributed by atoms with van der Waals surface area (Å²) in [5.74, 6) is 2.51. The highest BCUT2D eigenvalue weighted by atomic mass is 16.5. The van der Waals surface area contributed by atoms with Crippen molar-refractivity contribution < 1.29 is 4.74 Å². The summed E-state index contributed by atoms with van der Waals surface area (Å²) in [4.78, 5) is 9.71. The van der Waals surface area contributed by atoms with Crippen LogP contribution in [-0.4, -0.2) is 23.3 Å². The molecule has 10 rings (SSSR count).